The molecule has 4 rings (SSSR count). The van der Waals surface area contributed by atoms with Crippen molar-refractivity contribution in [1.29, 1.82) is 0 Å². The molecule has 0 atom stereocenters. The van der Waals surface area contributed by atoms with E-state index in [0.29, 0.717) is 11.2 Å². The lowest BCUT2D eigenvalue weighted by Gasteiger charge is -2.37. The third kappa shape index (κ3) is 5.45. The molecule has 0 aliphatic carbocycles. The van der Waals surface area contributed by atoms with E-state index in [2.05, 4.69) is 44.0 Å². The van der Waals surface area contributed by atoms with Crippen LogP contribution in [0.3, 0.4) is 0 Å². The minimum Gasteiger partial charge on any atom is -0.435 e. The topological polar surface area (TPSA) is 63.2 Å². The van der Waals surface area contributed by atoms with Gasteiger partial charge in [0.1, 0.15) is 11.6 Å². The molecule has 0 unspecified atom stereocenters. The average molecular weight is 425 g/mol. The fraction of sp³-hybridized carbons (Fsp3) is 0.348. The Kier molecular flexibility index (Phi) is 5.97. The Balaban J connectivity index is 1.47. The molecule has 31 heavy (non-hydrogen) atoms. The first-order valence-corrected chi connectivity index (χ1v) is 10.2. The maximum absolute atomic E-state index is 12.3. The number of nitrogens with zero attached hydrogens (tertiary/aromatic N) is 4. The molecule has 0 saturated carbocycles. The Morgan fingerprint density at radius 1 is 1.03 bits per heavy atom. The van der Waals surface area contributed by atoms with Crippen LogP contribution < -0.4 is 15.0 Å². The number of nitrogens with one attached hydrogen (secondary N) is 1. The van der Waals surface area contributed by atoms with Gasteiger partial charge in [-0.1, -0.05) is 26.0 Å². The lowest BCUT2D eigenvalue weighted by Crippen LogP contribution is -2.37. The van der Waals surface area contributed by atoms with Crippen LogP contribution in [-0.2, 0) is 0 Å². The first kappa shape index (κ1) is 21.0. The molecule has 1 saturated heterocycles. The second-order valence-corrected chi connectivity index (χ2v) is 8.41. The van der Waals surface area contributed by atoms with Crippen molar-refractivity contribution in [3.05, 3.63) is 54.9 Å². The van der Waals surface area contributed by atoms with Gasteiger partial charge in [0.15, 0.2) is 5.82 Å². The fourth-order valence-corrected chi connectivity index (χ4v) is 3.57. The number of pyridine rings is 1. The predicted molar refractivity (Wildman–Crippen MR) is 117 cm³/mol. The zero-order valence-electron chi connectivity index (χ0n) is 17.6. The van der Waals surface area contributed by atoms with Gasteiger partial charge in [-0.2, -0.15) is 13.9 Å². The third-order valence-electron chi connectivity index (χ3n) is 5.53. The molecular formula is C23H25F2N5O. The van der Waals surface area contributed by atoms with E-state index in [4.69, 9.17) is 0 Å². The van der Waals surface area contributed by atoms with Gasteiger partial charge in [0, 0.05) is 36.6 Å². The van der Waals surface area contributed by atoms with Gasteiger partial charge >= 0.3 is 6.61 Å². The van der Waals surface area contributed by atoms with Crippen LogP contribution in [0.5, 0.6) is 5.75 Å². The maximum atomic E-state index is 12.3. The number of ether oxygens (including phenoxy) is 1. The van der Waals surface area contributed by atoms with Crippen molar-refractivity contribution in [3.63, 3.8) is 0 Å². The van der Waals surface area contributed by atoms with Gasteiger partial charge in [0.2, 0.25) is 0 Å². The normalized spacial score (nSPS) is 15.7. The van der Waals surface area contributed by atoms with Gasteiger partial charge in [-0.3, -0.25) is 0 Å². The number of rotatable bonds is 6. The van der Waals surface area contributed by atoms with E-state index >= 15 is 0 Å². The molecule has 0 spiro atoms. The van der Waals surface area contributed by atoms with Crippen LogP contribution in [0, 0.1) is 5.41 Å². The molecule has 3 heterocycles. The molecule has 1 aliphatic rings. The number of halogens is 2. The SMILES string of the molecule is CC1(C)CCN(c2cc(Nc3cc(-c4ccc(OC(F)F)cc4)cnn3)ccn2)CC1. The number of benzene rings is 1. The van der Waals surface area contributed by atoms with Crippen LogP contribution >= 0.6 is 0 Å². The van der Waals surface area contributed by atoms with E-state index in [1.165, 1.54) is 12.1 Å². The summed E-state index contributed by atoms with van der Waals surface area (Å²) in [4.78, 5) is 6.84. The van der Waals surface area contributed by atoms with Crippen molar-refractivity contribution >= 4 is 17.3 Å². The minimum absolute atomic E-state index is 0.115. The molecular weight excluding hydrogens is 400 g/mol. The summed E-state index contributed by atoms with van der Waals surface area (Å²) in [7, 11) is 0. The summed E-state index contributed by atoms with van der Waals surface area (Å²) < 4.78 is 29.1. The Morgan fingerprint density at radius 3 is 2.48 bits per heavy atom. The highest BCUT2D eigenvalue weighted by molar-refractivity contribution is 5.68. The first-order chi connectivity index (χ1) is 14.9. The van der Waals surface area contributed by atoms with E-state index in [0.717, 1.165) is 48.6 Å². The van der Waals surface area contributed by atoms with Crippen LogP contribution in [-0.4, -0.2) is 34.9 Å². The fourth-order valence-electron chi connectivity index (χ4n) is 3.57. The summed E-state index contributed by atoms with van der Waals surface area (Å²) in [5, 5.41) is 11.5. The highest BCUT2D eigenvalue weighted by atomic mass is 19.3. The largest absolute Gasteiger partial charge is 0.435 e. The van der Waals surface area contributed by atoms with E-state index in [1.54, 1.807) is 24.5 Å². The van der Waals surface area contributed by atoms with E-state index in [-0.39, 0.29) is 5.75 Å². The van der Waals surface area contributed by atoms with Crippen molar-refractivity contribution in [2.75, 3.05) is 23.3 Å². The van der Waals surface area contributed by atoms with Crippen molar-refractivity contribution in [2.45, 2.75) is 33.3 Å². The standard InChI is InChI=1S/C23H25F2N5O/c1-23(2)8-11-30(12-9-23)21-14-18(7-10-26-21)28-20-13-17(15-27-29-20)16-3-5-19(6-4-16)31-22(24)25/h3-7,10,13-15,22H,8-9,11-12H2,1-2H3,(H,26,28,29). The molecule has 0 bridgehead atoms. The molecule has 3 aromatic rings. The molecule has 2 aromatic heterocycles. The number of aromatic nitrogens is 3. The van der Waals surface area contributed by atoms with E-state index in [9.17, 15) is 8.78 Å². The van der Waals surface area contributed by atoms with Crippen molar-refractivity contribution in [3.8, 4) is 16.9 Å². The molecule has 0 amide bonds. The van der Waals surface area contributed by atoms with Gasteiger partial charge in [-0.05, 0) is 48.1 Å². The van der Waals surface area contributed by atoms with E-state index < -0.39 is 6.61 Å². The monoisotopic (exact) mass is 425 g/mol. The molecule has 0 radical (unpaired) electrons. The number of piperidine rings is 1. The summed E-state index contributed by atoms with van der Waals surface area (Å²) in [5.74, 6) is 1.64. The zero-order chi connectivity index (χ0) is 21.8. The van der Waals surface area contributed by atoms with Crippen molar-refractivity contribution < 1.29 is 13.5 Å². The second kappa shape index (κ2) is 8.83. The Hall–Kier alpha value is -3.29. The number of anilines is 3. The highest BCUT2D eigenvalue weighted by Crippen LogP contribution is 2.32. The molecule has 162 valence electrons. The first-order valence-electron chi connectivity index (χ1n) is 10.2. The second-order valence-electron chi connectivity index (χ2n) is 8.41. The Bertz CT molecular complexity index is 1020. The molecule has 1 fully saturated rings. The molecule has 8 heteroatoms. The quantitative estimate of drug-likeness (QED) is 0.562. The van der Waals surface area contributed by atoms with Gasteiger partial charge in [0.05, 0.1) is 6.20 Å². The molecule has 1 aliphatic heterocycles. The maximum Gasteiger partial charge on any atom is 0.387 e. The van der Waals surface area contributed by atoms with Gasteiger partial charge in [0.25, 0.3) is 0 Å². The zero-order valence-corrected chi connectivity index (χ0v) is 17.6. The summed E-state index contributed by atoms with van der Waals surface area (Å²) in [6.45, 7) is 3.75. The summed E-state index contributed by atoms with van der Waals surface area (Å²) in [5.41, 5.74) is 2.90. The summed E-state index contributed by atoms with van der Waals surface area (Å²) in [6.07, 6.45) is 5.69. The summed E-state index contributed by atoms with van der Waals surface area (Å²) >= 11 is 0. The minimum atomic E-state index is -2.84. The summed E-state index contributed by atoms with van der Waals surface area (Å²) in [6, 6.07) is 12.2. The molecule has 6 nitrogen and oxygen atoms in total. The van der Waals surface area contributed by atoms with Crippen LogP contribution in [0.25, 0.3) is 11.1 Å². The highest BCUT2D eigenvalue weighted by Gasteiger charge is 2.26. The van der Waals surface area contributed by atoms with Crippen LogP contribution in [0.15, 0.2) is 54.9 Å². The number of hydrogen-bond donors (Lipinski definition) is 1. The lowest BCUT2D eigenvalue weighted by molar-refractivity contribution is -0.0498. The van der Waals surface area contributed by atoms with E-state index in [1.807, 2.05) is 18.2 Å². The predicted octanol–water partition coefficient (Wildman–Crippen LogP) is 5.51. The smallest absolute Gasteiger partial charge is 0.387 e. The molecule has 1 aromatic carbocycles. The van der Waals surface area contributed by atoms with Gasteiger partial charge in [-0.25, -0.2) is 4.98 Å². The Morgan fingerprint density at radius 2 is 1.77 bits per heavy atom. The van der Waals surface area contributed by atoms with Crippen LogP contribution in [0.1, 0.15) is 26.7 Å². The molecule has 1 N–H and O–H groups in total. The number of alkyl halides is 2. The van der Waals surface area contributed by atoms with Gasteiger partial charge < -0.3 is 15.0 Å². The Labute approximate surface area is 180 Å². The number of hydrogen-bond acceptors (Lipinski definition) is 6. The van der Waals surface area contributed by atoms with Crippen molar-refractivity contribution in [2.24, 2.45) is 5.41 Å². The van der Waals surface area contributed by atoms with Gasteiger partial charge in [-0.15, -0.1) is 5.10 Å². The lowest BCUT2D eigenvalue weighted by atomic mass is 9.83. The van der Waals surface area contributed by atoms with Crippen LogP contribution in [0.4, 0.5) is 26.1 Å². The average Bonchev–Trinajstić information content (AvgIpc) is 2.74. The third-order valence-corrected chi connectivity index (χ3v) is 5.53. The van der Waals surface area contributed by atoms with Crippen LogP contribution in [0.2, 0.25) is 0 Å². The van der Waals surface area contributed by atoms with Crippen molar-refractivity contribution in [1.82, 2.24) is 15.2 Å².